The molecule has 0 saturated heterocycles. The average Bonchev–Trinajstić information content (AvgIpc) is 3.36. The lowest BCUT2D eigenvalue weighted by Gasteiger charge is -2.25. The quantitative estimate of drug-likeness (QED) is 0.228. The Bertz CT molecular complexity index is 1810. The van der Waals surface area contributed by atoms with E-state index in [-0.39, 0.29) is 42.4 Å². The Kier molecular flexibility index (Phi) is 8.07. The number of para-hydroxylation sites is 1. The van der Waals surface area contributed by atoms with Gasteiger partial charge in [-0.2, -0.15) is 4.31 Å². The van der Waals surface area contributed by atoms with Crippen LogP contribution in [0.2, 0.25) is 0 Å². The minimum Gasteiger partial charge on any atom is -0.488 e. The van der Waals surface area contributed by atoms with Gasteiger partial charge >= 0.3 is 5.97 Å². The van der Waals surface area contributed by atoms with Crippen molar-refractivity contribution in [1.82, 2.24) is 19.3 Å². The number of rotatable bonds is 3. The Morgan fingerprint density at radius 3 is 2.77 bits per heavy atom. The Morgan fingerprint density at radius 1 is 1.09 bits per heavy atom. The van der Waals surface area contributed by atoms with Gasteiger partial charge in [0.2, 0.25) is 10.0 Å². The van der Waals surface area contributed by atoms with Gasteiger partial charge in [0, 0.05) is 12.5 Å². The number of carbonyl (C=O) groups excluding carboxylic acids is 1. The second kappa shape index (κ2) is 11.9. The summed E-state index contributed by atoms with van der Waals surface area (Å²) in [5.74, 6) is -0.229. The topological polar surface area (TPSA) is 104 Å². The first kappa shape index (κ1) is 29.1. The maximum Gasteiger partial charge on any atom is 0.306 e. The summed E-state index contributed by atoms with van der Waals surface area (Å²) in [6.45, 7) is 7.05. The third kappa shape index (κ3) is 5.69. The fraction of sp³-hybridized carbons (Fsp3) is 0.364. The molecular weight excluding hydrogens is 564 g/mol. The highest BCUT2D eigenvalue weighted by atomic mass is 32.2. The summed E-state index contributed by atoms with van der Waals surface area (Å²) in [7, 11) is -3.83. The number of benzene rings is 3. The molecule has 43 heavy (non-hydrogen) atoms. The van der Waals surface area contributed by atoms with Crippen LogP contribution in [0.1, 0.15) is 59.9 Å². The first-order chi connectivity index (χ1) is 20.8. The summed E-state index contributed by atoms with van der Waals surface area (Å²) >= 11 is 0. The molecule has 224 valence electrons. The van der Waals surface area contributed by atoms with Crippen molar-refractivity contribution < 1.29 is 22.7 Å². The van der Waals surface area contributed by atoms with E-state index in [1.165, 1.54) is 4.31 Å². The number of nitrogens with zero attached hydrogens (tertiary/aromatic N) is 4. The smallest absolute Gasteiger partial charge is 0.306 e. The van der Waals surface area contributed by atoms with Crippen molar-refractivity contribution in [3.8, 4) is 5.75 Å². The Morgan fingerprint density at radius 2 is 1.93 bits per heavy atom. The number of esters is 1. The summed E-state index contributed by atoms with van der Waals surface area (Å²) in [5.41, 5.74) is 6.39. The fourth-order valence-corrected chi connectivity index (χ4v) is 7.64. The van der Waals surface area contributed by atoms with Gasteiger partial charge in [0.1, 0.15) is 22.3 Å². The van der Waals surface area contributed by atoms with Crippen molar-refractivity contribution in [1.29, 1.82) is 0 Å². The molecule has 0 saturated carbocycles. The number of aromatic nitrogens is 3. The van der Waals surface area contributed by atoms with E-state index in [0.717, 1.165) is 45.3 Å². The normalized spacial score (nSPS) is 22.2. The van der Waals surface area contributed by atoms with Crippen molar-refractivity contribution in [2.45, 2.75) is 70.0 Å². The van der Waals surface area contributed by atoms with E-state index in [9.17, 15) is 13.2 Å². The van der Waals surface area contributed by atoms with Crippen molar-refractivity contribution in [3.05, 3.63) is 94.6 Å². The van der Waals surface area contributed by atoms with Gasteiger partial charge in [-0.15, -0.1) is 5.10 Å². The lowest BCUT2D eigenvalue weighted by atomic mass is 9.84. The van der Waals surface area contributed by atoms with Gasteiger partial charge in [0.15, 0.2) is 0 Å². The number of hydrogen-bond donors (Lipinski definition) is 0. The molecule has 4 aromatic rings. The Labute approximate surface area is 252 Å². The fourth-order valence-electron chi connectivity index (χ4n) is 6.07. The molecular formula is C33H36N4O5S. The zero-order chi connectivity index (χ0) is 30.1. The number of sulfonamides is 1. The highest BCUT2D eigenvalue weighted by Gasteiger charge is 2.35. The van der Waals surface area contributed by atoms with Crippen LogP contribution in [0.25, 0.3) is 11.0 Å². The maximum absolute atomic E-state index is 14.0. The molecule has 3 aromatic carbocycles. The van der Waals surface area contributed by atoms with Crippen LogP contribution in [0.15, 0.2) is 71.6 Å². The number of fused-ring (bicyclic) bond motifs is 5. The van der Waals surface area contributed by atoms with E-state index in [2.05, 4.69) is 22.5 Å². The number of carbonyl (C=O) groups is 1. The first-order valence-corrected chi connectivity index (χ1v) is 16.2. The largest absolute Gasteiger partial charge is 0.488 e. The maximum atomic E-state index is 14.0. The minimum absolute atomic E-state index is 0.144. The molecule has 0 aliphatic carbocycles. The number of aryl methyl sites for hydroxylation is 2. The van der Waals surface area contributed by atoms with Gasteiger partial charge in [0.25, 0.3) is 0 Å². The summed E-state index contributed by atoms with van der Waals surface area (Å²) in [6.07, 6.45) is 5.33. The summed E-state index contributed by atoms with van der Waals surface area (Å²) in [4.78, 5) is 13.1. The van der Waals surface area contributed by atoms with Gasteiger partial charge in [-0.25, -0.2) is 13.1 Å². The van der Waals surface area contributed by atoms with Crippen molar-refractivity contribution >= 4 is 27.0 Å². The van der Waals surface area contributed by atoms with Gasteiger partial charge < -0.3 is 9.47 Å². The zero-order valence-corrected chi connectivity index (χ0v) is 25.5. The van der Waals surface area contributed by atoms with Gasteiger partial charge in [-0.1, -0.05) is 53.8 Å². The third-order valence-corrected chi connectivity index (χ3v) is 10.3. The van der Waals surface area contributed by atoms with E-state index in [0.29, 0.717) is 25.3 Å². The standard InChI is InChI=1S/C33H36N4O5S/c1-4-41-32(38)19-28-24-14-13-22(2)25(18-24)20-36-21-26(42-30-11-7-8-12-31(30)43(36,39)40)10-6-5-9-17-37-29-16-15-27(28)23(3)33(29)34-35-37/h5,7-9,11-16,18,26,28H,4,6,10,17,19-21H2,1-3H3/b9-5-. The highest BCUT2D eigenvalue weighted by Crippen LogP contribution is 2.37. The molecule has 3 aliphatic heterocycles. The van der Waals surface area contributed by atoms with Crippen molar-refractivity contribution in [2.24, 2.45) is 0 Å². The predicted octanol–water partition coefficient (Wildman–Crippen LogP) is 5.44. The van der Waals surface area contributed by atoms with Crippen LogP contribution in [0.5, 0.6) is 5.75 Å². The van der Waals surface area contributed by atoms with E-state index in [4.69, 9.17) is 9.47 Å². The minimum atomic E-state index is -3.83. The van der Waals surface area contributed by atoms with E-state index < -0.39 is 10.0 Å². The monoisotopic (exact) mass is 600 g/mol. The molecule has 3 unspecified atom stereocenters. The first-order valence-electron chi connectivity index (χ1n) is 14.7. The van der Waals surface area contributed by atoms with Gasteiger partial charge in [0.05, 0.1) is 31.6 Å². The van der Waals surface area contributed by atoms with Crippen LogP contribution >= 0.6 is 0 Å². The van der Waals surface area contributed by atoms with Crippen LogP contribution in [0.3, 0.4) is 0 Å². The molecule has 0 N–H and O–H groups in total. The molecule has 9 nitrogen and oxygen atoms in total. The molecule has 0 radical (unpaired) electrons. The lowest BCUT2D eigenvalue weighted by molar-refractivity contribution is -0.143. The Hall–Kier alpha value is -4.02. The van der Waals surface area contributed by atoms with Gasteiger partial charge in [-0.3, -0.25) is 4.79 Å². The second-order valence-electron chi connectivity index (χ2n) is 11.2. The molecule has 3 atom stereocenters. The zero-order valence-electron chi connectivity index (χ0n) is 24.7. The van der Waals surface area contributed by atoms with Crippen LogP contribution in [-0.2, 0) is 32.6 Å². The summed E-state index contributed by atoms with van der Waals surface area (Å²) in [6, 6.07) is 17.0. The summed E-state index contributed by atoms with van der Waals surface area (Å²) in [5, 5.41) is 8.92. The molecule has 0 fully saturated rings. The van der Waals surface area contributed by atoms with Crippen LogP contribution in [0, 0.1) is 13.8 Å². The van der Waals surface area contributed by atoms with E-state index >= 15 is 0 Å². The predicted molar refractivity (Wildman–Crippen MR) is 163 cm³/mol. The highest BCUT2D eigenvalue weighted by molar-refractivity contribution is 7.89. The van der Waals surface area contributed by atoms with Crippen LogP contribution < -0.4 is 4.74 Å². The summed E-state index contributed by atoms with van der Waals surface area (Å²) < 4.78 is 43.1. The number of ether oxygens (including phenoxy) is 2. The molecule has 10 heteroatoms. The van der Waals surface area contributed by atoms with Crippen molar-refractivity contribution in [2.75, 3.05) is 13.2 Å². The molecule has 4 heterocycles. The van der Waals surface area contributed by atoms with E-state index in [1.807, 2.05) is 48.9 Å². The Balaban J connectivity index is 1.50. The molecule has 1 aromatic heterocycles. The van der Waals surface area contributed by atoms with Gasteiger partial charge in [-0.05, 0) is 79.6 Å². The average molecular weight is 601 g/mol. The second-order valence-corrected chi connectivity index (χ2v) is 13.1. The molecule has 8 bridgehead atoms. The molecule has 3 aliphatic rings. The van der Waals surface area contributed by atoms with Crippen LogP contribution in [-0.4, -0.2) is 52.9 Å². The third-order valence-electron chi connectivity index (χ3n) is 8.42. The van der Waals surface area contributed by atoms with Crippen LogP contribution in [0.4, 0.5) is 0 Å². The number of hydrogen-bond acceptors (Lipinski definition) is 7. The SMILES string of the molecule is CCOC(=O)CC1c2ccc(C)c(c2)CN2CC(CC/C=C\Cn3nnc4c(C)c1ccc43)Oc1ccccc1S2(=O)=O. The molecule has 7 rings (SSSR count). The number of allylic oxidation sites excluding steroid dienone is 2. The molecule has 0 spiro atoms. The lowest BCUT2D eigenvalue weighted by Crippen LogP contribution is -2.36. The molecule has 0 amide bonds. The van der Waals surface area contributed by atoms with Crippen molar-refractivity contribution in [3.63, 3.8) is 0 Å². The van der Waals surface area contributed by atoms with E-state index in [1.54, 1.807) is 31.2 Å².